The molecule has 1 aromatic carbocycles. The molecule has 0 aliphatic carbocycles. The zero-order chi connectivity index (χ0) is 13.0. The molecule has 0 aliphatic rings. The van der Waals surface area contributed by atoms with Gasteiger partial charge in [0.2, 0.25) is 0 Å². The Bertz CT molecular complexity index is 531. The fourth-order valence-corrected chi connectivity index (χ4v) is 2.09. The largest absolute Gasteiger partial charge is 0.335 e. The molecule has 0 saturated carbocycles. The van der Waals surface area contributed by atoms with Crippen LogP contribution in [-0.4, -0.2) is 15.3 Å². The maximum Gasteiger partial charge on any atom is 0.162 e. The van der Waals surface area contributed by atoms with Crippen LogP contribution < -0.4 is 0 Å². The third-order valence-corrected chi connectivity index (χ3v) is 3.42. The SMILES string of the molecule is Cc1nccn1CCCC(=O)c1ccc(Br)cc1. The first-order chi connectivity index (χ1) is 8.66. The van der Waals surface area contributed by atoms with Crippen molar-refractivity contribution in [3.05, 3.63) is 52.5 Å². The zero-order valence-corrected chi connectivity index (χ0v) is 11.9. The normalized spacial score (nSPS) is 10.6. The van der Waals surface area contributed by atoms with E-state index < -0.39 is 0 Å². The highest BCUT2D eigenvalue weighted by Crippen LogP contribution is 2.13. The first kappa shape index (κ1) is 13.0. The number of hydrogen-bond donors (Lipinski definition) is 0. The van der Waals surface area contributed by atoms with Crippen LogP contribution in [-0.2, 0) is 6.54 Å². The highest BCUT2D eigenvalue weighted by Gasteiger charge is 2.05. The number of benzene rings is 1. The Morgan fingerprint density at radius 2 is 2.06 bits per heavy atom. The van der Waals surface area contributed by atoms with Crippen molar-refractivity contribution in [1.82, 2.24) is 9.55 Å². The Kier molecular flexibility index (Phi) is 4.31. The lowest BCUT2D eigenvalue weighted by molar-refractivity contribution is 0.0978. The summed E-state index contributed by atoms with van der Waals surface area (Å²) < 4.78 is 3.06. The average molecular weight is 307 g/mol. The Labute approximate surface area is 115 Å². The van der Waals surface area contributed by atoms with Gasteiger partial charge in [0.1, 0.15) is 5.82 Å². The van der Waals surface area contributed by atoms with Crippen LogP contribution in [0, 0.1) is 6.92 Å². The summed E-state index contributed by atoms with van der Waals surface area (Å²) in [7, 11) is 0. The summed E-state index contributed by atoms with van der Waals surface area (Å²) in [6, 6.07) is 7.50. The molecule has 3 nitrogen and oxygen atoms in total. The summed E-state index contributed by atoms with van der Waals surface area (Å²) in [5, 5.41) is 0. The van der Waals surface area contributed by atoms with E-state index in [2.05, 4.69) is 25.5 Å². The van der Waals surface area contributed by atoms with Crippen LogP contribution in [0.15, 0.2) is 41.1 Å². The fraction of sp³-hybridized carbons (Fsp3) is 0.286. The van der Waals surface area contributed by atoms with Crippen molar-refractivity contribution in [3.63, 3.8) is 0 Å². The number of carbonyl (C=O) groups is 1. The van der Waals surface area contributed by atoms with Crippen LogP contribution in [0.1, 0.15) is 29.0 Å². The first-order valence-electron chi connectivity index (χ1n) is 5.93. The molecule has 0 fully saturated rings. The summed E-state index contributed by atoms with van der Waals surface area (Å²) in [6.45, 7) is 2.81. The Morgan fingerprint density at radius 3 is 2.67 bits per heavy atom. The Balaban J connectivity index is 1.85. The van der Waals surface area contributed by atoms with Gasteiger partial charge in [-0.3, -0.25) is 4.79 Å². The lowest BCUT2D eigenvalue weighted by Gasteiger charge is -2.04. The smallest absolute Gasteiger partial charge is 0.162 e. The molecule has 0 atom stereocenters. The summed E-state index contributed by atoms with van der Waals surface area (Å²) in [5.41, 5.74) is 0.778. The summed E-state index contributed by atoms with van der Waals surface area (Å²) >= 11 is 3.36. The van der Waals surface area contributed by atoms with Crippen molar-refractivity contribution in [1.29, 1.82) is 0 Å². The number of aryl methyl sites for hydroxylation is 2. The van der Waals surface area contributed by atoms with Gasteiger partial charge in [0.15, 0.2) is 5.78 Å². The van der Waals surface area contributed by atoms with E-state index in [9.17, 15) is 4.79 Å². The van der Waals surface area contributed by atoms with E-state index in [0.717, 1.165) is 28.8 Å². The molecule has 0 radical (unpaired) electrons. The van der Waals surface area contributed by atoms with E-state index in [0.29, 0.717) is 6.42 Å². The monoisotopic (exact) mass is 306 g/mol. The van der Waals surface area contributed by atoms with E-state index in [-0.39, 0.29) is 5.78 Å². The third-order valence-electron chi connectivity index (χ3n) is 2.89. The number of rotatable bonds is 5. The standard InChI is InChI=1S/C14H15BrN2O/c1-11-16-8-10-17(11)9-2-3-14(18)12-4-6-13(15)7-5-12/h4-8,10H,2-3,9H2,1H3. The van der Waals surface area contributed by atoms with Crippen LogP contribution >= 0.6 is 15.9 Å². The molecule has 4 heteroatoms. The van der Waals surface area contributed by atoms with Gasteiger partial charge in [0, 0.05) is 35.4 Å². The highest BCUT2D eigenvalue weighted by molar-refractivity contribution is 9.10. The van der Waals surface area contributed by atoms with Gasteiger partial charge in [-0.05, 0) is 25.5 Å². The number of halogens is 1. The van der Waals surface area contributed by atoms with Crippen molar-refractivity contribution in [2.45, 2.75) is 26.3 Å². The van der Waals surface area contributed by atoms with Gasteiger partial charge in [-0.15, -0.1) is 0 Å². The van der Waals surface area contributed by atoms with E-state index in [4.69, 9.17) is 0 Å². The van der Waals surface area contributed by atoms with Crippen molar-refractivity contribution >= 4 is 21.7 Å². The molecule has 0 saturated heterocycles. The van der Waals surface area contributed by atoms with Crippen LogP contribution in [0.3, 0.4) is 0 Å². The second kappa shape index (κ2) is 5.96. The Hall–Kier alpha value is -1.42. The van der Waals surface area contributed by atoms with Crippen molar-refractivity contribution in [3.8, 4) is 0 Å². The molecule has 0 unspecified atom stereocenters. The van der Waals surface area contributed by atoms with Crippen molar-refractivity contribution < 1.29 is 4.79 Å². The summed E-state index contributed by atoms with van der Waals surface area (Å²) in [4.78, 5) is 16.1. The zero-order valence-electron chi connectivity index (χ0n) is 10.3. The molecule has 2 rings (SSSR count). The summed E-state index contributed by atoms with van der Waals surface area (Å²) in [5.74, 6) is 1.19. The van der Waals surface area contributed by atoms with E-state index in [1.807, 2.05) is 37.4 Å². The number of hydrogen-bond acceptors (Lipinski definition) is 2. The molecule has 0 bridgehead atoms. The van der Waals surface area contributed by atoms with Gasteiger partial charge in [-0.2, -0.15) is 0 Å². The number of carbonyl (C=O) groups excluding carboxylic acids is 1. The Morgan fingerprint density at radius 1 is 1.33 bits per heavy atom. The number of nitrogens with zero attached hydrogens (tertiary/aromatic N) is 2. The molecule has 0 aliphatic heterocycles. The molecule has 0 spiro atoms. The molecule has 94 valence electrons. The van der Waals surface area contributed by atoms with Gasteiger partial charge in [-0.1, -0.05) is 28.1 Å². The second-order valence-corrected chi connectivity index (χ2v) is 5.12. The maximum absolute atomic E-state index is 11.9. The minimum atomic E-state index is 0.195. The van der Waals surface area contributed by atoms with Gasteiger partial charge in [0.25, 0.3) is 0 Å². The van der Waals surface area contributed by atoms with Gasteiger partial charge < -0.3 is 4.57 Å². The van der Waals surface area contributed by atoms with Crippen LogP contribution in [0.5, 0.6) is 0 Å². The minimum absolute atomic E-state index is 0.195. The fourth-order valence-electron chi connectivity index (χ4n) is 1.83. The minimum Gasteiger partial charge on any atom is -0.335 e. The number of Topliss-reactive ketones (excluding diaryl/α,β-unsaturated/α-hetero) is 1. The predicted octanol–water partition coefficient (Wildman–Crippen LogP) is 3.62. The number of aromatic nitrogens is 2. The highest BCUT2D eigenvalue weighted by atomic mass is 79.9. The molecule has 0 amide bonds. The molecule has 2 aromatic rings. The summed E-state index contributed by atoms with van der Waals surface area (Å²) in [6.07, 6.45) is 5.14. The first-order valence-corrected chi connectivity index (χ1v) is 6.72. The third kappa shape index (κ3) is 3.29. The van der Waals surface area contributed by atoms with Crippen LogP contribution in [0.2, 0.25) is 0 Å². The van der Waals surface area contributed by atoms with Crippen molar-refractivity contribution in [2.75, 3.05) is 0 Å². The predicted molar refractivity (Wildman–Crippen MR) is 74.7 cm³/mol. The van der Waals surface area contributed by atoms with Gasteiger partial charge >= 0.3 is 0 Å². The van der Waals surface area contributed by atoms with E-state index in [1.54, 1.807) is 6.20 Å². The lowest BCUT2D eigenvalue weighted by atomic mass is 10.1. The van der Waals surface area contributed by atoms with E-state index in [1.165, 1.54) is 0 Å². The quantitative estimate of drug-likeness (QED) is 0.791. The van der Waals surface area contributed by atoms with Crippen LogP contribution in [0.25, 0.3) is 0 Å². The van der Waals surface area contributed by atoms with E-state index >= 15 is 0 Å². The lowest BCUT2D eigenvalue weighted by Crippen LogP contribution is -2.04. The van der Waals surface area contributed by atoms with Gasteiger partial charge in [-0.25, -0.2) is 4.98 Å². The molecular weight excluding hydrogens is 292 g/mol. The second-order valence-electron chi connectivity index (χ2n) is 4.20. The van der Waals surface area contributed by atoms with Crippen LogP contribution in [0.4, 0.5) is 0 Å². The number of imidazole rings is 1. The molecule has 18 heavy (non-hydrogen) atoms. The average Bonchev–Trinajstić information content (AvgIpc) is 2.76. The number of ketones is 1. The molecule has 0 N–H and O–H groups in total. The topological polar surface area (TPSA) is 34.9 Å². The van der Waals surface area contributed by atoms with Crippen molar-refractivity contribution in [2.24, 2.45) is 0 Å². The molecule has 1 aromatic heterocycles. The molecular formula is C14H15BrN2O. The maximum atomic E-state index is 11.9. The molecule has 1 heterocycles. The van der Waals surface area contributed by atoms with Gasteiger partial charge in [0.05, 0.1) is 0 Å².